The summed E-state index contributed by atoms with van der Waals surface area (Å²) in [4.78, 5) is 11.9. The summed E-state index contributed by atoms with van der Waals surface area (Å²) in [7, 11) is 0. The van der Waals surface area contributed by atoms with Gasteiger partial charge in [0.1, 0.15) is 6.61 Å². The zero-order chi connectivity index (χ0) is 14.4. The summed E-state index contributed by atoms with van der Waals surface area (Å²) >= 11 is 4.99. The number of hydrogen-bond acceptors (Lipinski definition) is 4. The van der Waals surface area contributed by atoms with E-state index in [-0.39, 0.29) is 12.5 Å². The highest BCUT2D eigenvalue weighted by Crippen LogP contribution is 2.30. The van der Waals surface area contributed by atoms with Crippen LogP contribution in [0.1, 0.15) is 13.3 Å². The summed E-state index contributed by atoms with van der Waals surface area (Å²) in [6.45, 7) is 2.94. The molecule has 0 saturated heterocycles. The monoisotopic (exact) mass is 295 g/mol. The number of hydrazine groups is 1. The highest BCUT2D eigenvalue weighted by atomic mass is 32.1. The summed E-state index contributed by atoms with van der Waals surface area (Å²) < 4.78 is 11.0. The number of benzene rings is 1. The van der Waals surface area contributed by atoms with Crippen LogP contribution in [-0.2, 0) is 4.79 Å². The second-order valence-corrected chi connectivity index (χ2v) is 4.64. The van der Waals surface area contributed by atoms with Crippen molar-refractivity contribution in [3.8, 4) is 11.5 Å². The molecule has 1 aliphatic rings. The summed E-state index contributed by atoms with van der Waals surface area (Å²) in [6.07, 6.45) is 0.248. The molecule has 1 amide bonds. The minimum Gasteiger partial charge on any atom is -0.485 e. The molecule has 6 nitrogen and oxygen atoms in total. The van der Waals surface area contributed by atoms with Crippen molar-refractivity contribution in [2.75, 3.05) is 13.2 Å². The highest BCUT2D eigenvalue weighted by molar-refractivity contribution is 7.80. The number of hydrogen-bond donors (Lipinski definition) is 3. The Balaban J connectivity index is 1.81. The van der Waals surface area contributed by atoms with Crippen molar-refractivity contribution in [3.63, 3.8) is 0 Å². The standard InChI is InChI=1S/C13H17N3O3S/c1-2-7-14-13(20)16-15-12(17)11-8-18-9-5-3-4-6-10(9)19-11/h3-6,11H,2,7-8H2,1H3,(H,15,17)(H2,14,16,20)/t11-/m1/s1. The molecule has 0 aromatic heterocycles. The lowest BCUT2D eigenvalue weighted by Crippen LogP contribution is -2.53. The van der Waals surface area contributed by atoms with Gasteiger partial charge in [0.25, 0.3) is 5.91 Å². The quantitative estimate of drug-likeness (QED) is 0.564. The lowest BCUT2D eigenvalue weighted by molar-refractivity contribution is -0.130. The molecule has 108 valence electrons. The molecule has 0 radical (unpaired) electrons. The fraction of sp³-hybridized carbons (Fsp3) is 0.385. The van der Waals surface area contributed by atoms with Crippen LogP contribution >= 0.6 is 12.2 Å². The Morgan fingerprint density at radius 3 is 2.85 bits per heavy atom. The van der Waals surface area contributed by atoms with Crippen LogP contribution in [0.3, 0.4) is 0 Å². The third-order valence-electron chi connectivity index (χ3n) is 2.64. The second-order valence-electron chi connectivity index (χ2n) is 4.23. The van der Waals surface area contributed by atoms with E-state index in [0.717, 1.165) is 13.0 Å². The Hall–Kier alpha value is -2.02. The predicted molar refractivity (Wildman–Crippen MR) is 78.5 cm³/mol. The van der Waals surface area contributed by atoms with Gasteiger partial charge in [-0.15, -0.1) is 0 Å². The maximum atomic E-state index is 11.9. The molecule has 1 aromatic carbocycles. The topological polar surface area (TPSA) is 71.6 Å². The van der Waals surface area contributed by atoms with Crippen molar-refractivity contribution in [1.29, 1.82) is 0 Å². The third-order valence-corrected chi connectivity index (χ3v) is 2.88. The Morgan fingerprint density at radius 1 is 1.35 bits per heavy atom. The maximum Gasteiger partial charge on any atom is 0.283 e. The molecule has 1 aromatic rings. The van der Waals surface area contributed by atoms with Gasteiger partial charge in [0, 0.05) is 6.54 Å². The van der Waals surface area contributed by atoms with Gasteiger partial charge in [-0.1, -0.05) is 19.1 Å². The Labute approximate surface area is 122 Å². The Morgan fingerprint density at radius 2 is 2.10 bits per heavy atom. The van der Waals surface area contributed by atoms with Crippen molar-refractivity contribution in [3.05, 3.63) is 24.3 Å². The van der Waals surface area contributed by atoms with E-state index in [1.165, 1.54) is 0 Å². The van der Waals surface area contributed by atoms with E-state index in [9.17, 15) is 4.79 Å². The lowest BCUT2D eigenvalue weighted by Gasteiger charge is -2.25. The van der Waals surface area contributed by atoms with Crippen LogP contribution in [0.5, 0.6) is 11.5 Å². The van der Waals surface area contributed by atoms with Gasteiger partial charge in [-0.05, 0) is 30.8 Å². The Kier molecular flexibility index (Phi) is 5.00. The molecule has 0 unspecified atom stereocenters. The van der Waals surface area contributed by atoms with Gasteiger partial charge in [-0.2, -0.15) is 0 Å². The largest absolute Gasteiger partial charge is 0.485 e. The van der Waals surface area contributed by atoms with E-state index in [1.54, 1.807) is 12.1 Å². The van der Waals surface area contributed by atoms with Crippen molar-refractivity contribution in [1.82, 2.24) is 16.2 Å². The molecular formula is C13H17N3O3S. The van der Waals surface area contributed by atoms with Crippen LogP contribution in [0.15, 0.2) is 24.3 Å². The van der Waals surface area contributed by atoms with Gasteiger partial charge < -0.3 is 14.8 Å². The number of carbonyl (C=O) groups excluding carboxylic acids is 1. The molecule has 7 heteroatoms. The molecule has 1 atom stereocenters. The molecule has 0 saturated carbocycles. The van der Waals surface area contributed by atoms with Gasteiger partial charge in [0.15, 0.2) is 16.6 Å². The van der Waals surface area contributed by atoms with Gasteiger partial charge in [-0.3, -0.25) is 15.6 Å². The normalized spacial score (nSPS) is 16.1. The number of fused-ring (bicyclic) bond motifs is 1. The van der Waals surface area contributed by atoms with Gasteiger partial charge in [-0.25, -0.2) is 0 Å². The first-order valence-electron chi connectivity index (χ1n) is 6.43. The number of carbonyl (C=O) groups is 1. The molecule has 0 bridgehead atoms. The number of rotatable bonds is 3. The highest BCUT2D eigenvalue weighted by Gasteiger charge is 2.27. The number of nitrogens with one attached hydrogen (secondary N) is 3. The summed E-state index contributed by atoms with van der Waals surface area (Å²) in [6, 6.07) is 7.23. The lowest BCUT2D eigenvalue weighted by atomic mass is 10.2. The number of ether oxygens (including phenoxy) is 2. The van der Waals surface area contributed by atoms with E-state index in [0.29, 0.717) is 16.6 Å². The fourth-order valence-corrected chi connectivity index (χ4v) is 1.78. The van der Waals surface area contributed by atoms with Crippen molar-refractivity contribution >= 4 is 23.2 Å². The van der Waals surface area contributed by atoms with Crippen LogP contribution < -0.4 is 25.6 Å². The van der Waals surface area contributed by atoms with Crippen LogP contribution in [-0.4, -0.2) is 30.3 Å². The number of thiocarbonyl (C=S) groups is 1. The Bertz CT molecular complexity index is 496. The molecule has 0 spiro atoms. The van der Waals surface area contributed by atoms with Crippen molar-refractivity contribution in [2.45, 2.75) is 19.4 Å². The second kappa shape index (κ2) is 6.95. The first kappa shape index (κ1) is 14.4. The number of para-hydroxylation sites is 2. The summed E-state index contributed by atoms with van der Waals surface area (Å²) in [5.74, 6) is 0.871. The van der Waals surface area contributed by atoms with E-state index in [1.807, 2.05) is 19.1 Å². The van der Waals surface area contributed by atoms with Crippen molar-refractivity contribution < 1.29 is 14.3 Å². The van der Waals surface area contributed by atoms with E-state index in [4.69, 9.17) is 21.7 Å². The average Bonchev–Trinajstić information content (AvgIpc) is 2.50. The molecule has 1 heterocycles. The van der Waals surface area contributed by atoms with E-state index >= 15 is 0 Å². The minimum atomic E-state index is -0.702. The van der Waals surface area contributed by atoms with Crippen molar-refractivity contribution in [2.24, 2.45) is 0 Å². The van der Waals surface area contributed by atoms with Gasteiger partial charge in [0.05, 0.1) is 0 Å². The molecule has 0 aliphatic carbocycles. The average molecular weight is 295 g/mol. The van der Waals surface area contributed by atoms with Crippen LogP contribution in [0.4, 0.5) is 0 Å². The SMILES string of the molecule is CCCNC(=S)NNC(=O)[C@H]1COc2ccccc2O1. The predicted octanol–water partition coefficient (Wildman–Crippen LogP) is 0.732. The molecular weight excluding hydrogens is 278 g/mol. The molecule has 20 heavy (non-hydrogen) atoms. The number of amides is 1. The van der Waals surface area contributed by atoms with Crippen LogP contribution in [0.2, 0.25) is 0 Å². The molecule has 2 rings (SSSR count). The summed E-state index contributed by atoms with van der Waals surface area (Å²) in [5.41, 5.74) is 5.12. The zero-order valence-corrected chi connectivity index (χ0v) is 12.0. The van der Waals surface area contributed by atoms with E-state index in [2.05, 4.69) is 16.2 Å². The molecule has 0 fully saturated rings. The molecule has 1 aliphatic heterocycles. The maximum absolute atomic E-state index is 11.9. The first-order chi connectivity index (χ1) is 9.70. The van der Waals surface area contributed by atoms with Crippen LogP contribution in [0, 0.1) is 0 Å². The third kappa shape index (κ3) is 3.74. The van der Waals surface area contributed by atoms with Crippen LogP contribution in [0.25, 0.3) is 0 Å². The zero-order valence-electron chi connectivity index (χ0n) is 11.1. The smallest absolute Gasteiger partial charge is 0.283 e. The molecule has 3 N–H and O–H groups in total. The first-order valence-corrected chi connectivity index (χ1v) is 6.83. The minimum absolute atomic E-state index is 0.166. The van der Waals surface area contributed by atoms with E-state index < -0.39 is 6.10 Å². The fourth-order valence-electron chi connectivity index (χ4n) is 1.63. The van der Waals surface area contributed by atoms with Gasteiger partial charge in [0.2, 0.25) is 6.10 Å². The summed E-state index contributed by atoms with van der Waals surface area (Å²) in [5, 5.41) is 3.31. The van der Waals surface area contributed by atoms with Gasteiger partial charge >= 0.3 is 0 Å².